The van der Waals surface area contributed by atoms with Crippen LogP contribution in [0.4, 0.5) is 0 Å². The Balaban J connectivity index is 1.20. The Kier molecular flexibility index (Phi) is 7.75. The molecule has 0 radical (unpaired) electrons. The van der Waals surface area contributed by atoms with E-state index in [-0.39, 0.29) is 17.9 Å². The first-order valence-electron chi connectivity index (χ1n) is 13.9. The summed E-state index contributed by atoms with van der Waals surface area (Å²) in [7, 11) is -3.49. The number of hydrogen-bond acceptors (Lipinski definition) is 4. The van der Waals surface area contributed by atoms with Crippen molar-refractivity contribution in [2.45, 2.75) is 63.8 Å². The predicted molar refractivity (Wildman–Crippen MR) is 147 cm³/mol. The molecule has 1 aliphatic carbocycles. The molecule has 6 nitrogen and oxygen atoms in total. The number of fused-ring (bicyclic) bond motifs is 1. The first-order chi connectivity index (χ1) is 17.7. The first-order valence-corrected chi connectivity index (χ1v) is 15.3. The molecule has 2 aromatic carbocycles. The smallest absolute Gasteiger partial charge is 0.243 e. The molecule has 2 saturated heterocycles. The summed E-state index contributed by atoms with van der Waals surface area (Å²) < 4.78 is 28.8. The number of aryl methyl sites for hydroxylation is 3. The van der Waals surface area contributed by atoms with Gasteiger partial charge in [0.1, 0.15) is 0 Å². The van der Waals surface area contributed by atoms with Crippen LogP contribution in [0.3, 0.4) is 0 Å². The number of hydrogen-bond donors (Lipinski definition) is 1. The second-order valence-corrected chi connectivity index (χ2v) is 13.4. The molecule has 7 heteroatoms. The third-order valence-electron chi connectivity index (χ3n) is 8.71. The van der Waals surface area contributed by atoms with Gasteiger partial charge in [0.15, 0.2) is 0 Å². The Hall–Kier alpha value is -2.22. The van der Waals surface area contributed by atoms with E-state index < -0.39 is 10.0 Å². The summed E-state index contributed by atoms with van der Waals surface area (Å²) in [5.74, 6) is 1.09. The summed E-state index contributed by atoms with van der Waals surface area (Å²) >= 11 is 0. The minimum absolute atomic E-state index is 0.0131. The Morgan fingerprint density at radius 2 is 1.54 bits per heavy atom. The zero-order chi connectivity index (χ0) is 26.2. The highest BCUT2D eigenvalue weighted by Gasteiger charge is 2.44. The number of benzene rings is 2. The van der Waals surface area contributed by atoms with E-state index >= 15 is 0 Å². The highest BCUT2D eigenvalue weighted by Crippen LogP contribution is 2.36. The maximum Gasteiger partial charge on any atom is 0.243 e. The normalized spacial score (nSPS) is 23.9. The van der Waals surface area contributed by atoms with Crippen molar-refractivity contribution in [3.05, 3.63) is 64.7 Å². The molecular weight excluding hydrogens is 482 g/mol. The lowest BCUT2D eigenvalue weighted by molar-refractivity contribution is -0.125. The van der Waals surface area contributed by atoms with Gasteiger partial charge >= 0.3 is 0 Å². The molecule has 2 aromatic rings. The van der Waals surface area contributed by atoms with Gasteiger partial charge in [0, 0.05) is 38.6 Å². The zero-order valence-electron chi connectivity index (χ0n) is 22.4. The summed E-state index contributed by atoms with van der Waals surface area (Å²) in [6.07, 6.45) is 5.18. The fourth-order valence-electron chi connectivity index (χ4n) is 6.93. The van der Waals surface area contributed by atoms with Crippen molar-refractivity contribution in [2.75, 3.05) is 32.7 Å². The molecular formula is C30H41N3O3S. The molecule has 2 unspecified atom stereocenters. The number of sulfonamides is 1. The van der Waals surface area contributed by atoms with Gasteiger partial charge in [-0.3, -0.25) is 4.79 Å². The Bertz CT molecular complexity index is 1190. The molecule has 0 aromatic heterocycles. The van der Waals surface area contributed by atoms with Gasteiger partial charge in [-0.15, -0.1) is 0 Å². The monoisotopic (exact) mass is 523 g/mol. The molecule has 3 fully saturated rings. The average Bonchev–Trinajstić information content (AvgIpc) is 3.58. The molecule has 3 aliphatic rings. The second kappa shape index (κ2) is 10.9. The van der Waals surface area contributed by atoms with E-state index in [2.05, 4.69) is 22.3 Å². The quantitative estimate of drug-likeness (QED) is 0.549. The SMILES string of the molecule is Cc1cc(C)c(S(=O)(=O)N2CC3CN(CCC(NC(=O)C4CCCC4)c4ccccc4)C[C@H]3C2)c(C)c1. The van der Waals surface area contributed by atoms with E-state index in [9.17, 15) is 13.2 Å². The van der Waals surface area contributed by atoms with Gasteiger partial charge in [0.25, 0.3) is 0 Å². The van der Waals surface area contributed by atoms with Gasteiger partial charge in [-0.25, -0.2) is 8.42 Å². The highest BCUT2D eigenvalue weighted by molar-refractivity contribution is 7.89. The number of likely N-dealkylation sites (tertiary alicyclic amines) is 1. The largest absolute Gasteiger partial charge is 0.349 e. The third kappa shape index (κ3) is 5.64. The molecule has 37 heavy (non-hydrogen) atoms. The summed E-state index contributed by atoms with van der Waals surface area (Å²) in [6.45, 7) is 9.74. The van der Waals surface area contributed by atoms with Crippen LogP contribution < -0.4 is 5.32 Å². The zero-order valence-corrected chi connectivity index (χ0v) is 23.3. The maximum atomic E-state index is 13.6. The lowest BCUT2D eigenvalue weighted by Gasteiger charge is -2.26. The van der Waals surface area contributed by atoms with Crippen LogP contribution in [0.2, 0.25) is 0 Å². The van der Waals surface area contributed by atoms with E-state index in [1.807, 2.05) is 51.1 Å². The fourth-order valence-corrected chi connectivity index (χ4v) is 8.89. The fraction of sp³-hybridized carbons (Fsp3) is 0.567. The van der Waals surface area contributed by atoms with Crippen molar-refractivity contribution < 1.29 is 13.2 Å². The molecule has 3 atom stereocenters. The number of rotatable bonds is 8. The summed E-state index contributed by atoms with van der Waals surface area (Å²) in [4.78, 5) is 15.9. The Morgan fingerprint density at radius 3 is 2.14 bits per heavy atom. The van der Waals surface area contributed by atoms with Gasteiger partial charge < -0.3 is 10.2 Å². The summed E-state index contributed by atoms with van der Waals surface area (Å²) in [6, 6.07) is 14.2. The van der Waals surface area contributed by atoms with Crippen LogP contribution in [0.25, 0.3) is 0 Å². The van der Waals surface area contributed by atoms with Crippen LogP contribution >= 0.6 is 0 Å². The van der Waals surface area contributed by atoms with E-state index in [4.69, 9.17) is 0 Å². The van der Waals surface area contributed by atoms with Crippen LogP contribution in [-0.2, 0) is 14.8 Å². The van der Waals surface area contributed by atoms with Gasteiger partial charge in [-0.05, 0) is 68.6 Å². The van der Waals surface area contributed by atoms with Crippen LogP contribution in [0.15, 0.2) is 47.4 Å². The standard InChI is InChI=1S/C30H41N3O3S/c1-21-15-22(2)29(23(3)16-21)37(35,36)33-19-26-17-32(18-27(26)20-33)14-13-28(24-9-5-4-6-10-24)31-30(34)25-11-7-8-12-25/h4-6,9-10,15-16,25-28H,7-8,11-14,17-20H2,1-3H3,(H,31,34)/t26-,27?,28?/m0/s1. The van der Waals surface area contributed by atoms with Gasteiger partial charge in [0.05, 0.1) is 10.9 Å². The minimum atomic E-state index is -3.49. The van der Waals surface area contributed by atoms with Crippen LogP contribution in [0, 0.1) is 38.5 Å². The van der Waals surface area contributed by atoms with Crippen molar-refractivity contribution in [3.8, 4) is 0 Å². The van der Waals surface area contributed by atoms with Gasteiger partial charge in [-0.1, -0.05) is 60.9 Å². The van der Waals surface area contributed by atoms with Gasteiger partial charge in [0.2, 0.25) is 15.9 Å². The van der Waals surface area contributed by atoms with Crippen molar-refractivity contribution in [1.29, 1.82) is 0 Å². The average molecular weight is 524 g/mol. The van der Waals surface area contributed by atoms with Crippen LogP contribution in [0.5, 0.6) is 0 Å². The van der Waals surface area contributed by atoms with E-state index in [1.165, 1.54) is 0 Å². The number of carbonyl (C=O) groups is 1. The molecule has 1 N–H and O–H groups in total. The van der Waals surface area contributed by atoms with E-state index in [0.29, 0.717) is 29.8 Å². The lowest BCUT2D eigenvalue weighted by atomic mass is 10.0. The lowest BCUT2D eigenvalue weighted by Crippen LogP contribution is -2.37. The van der Waals surface area contributed by atoms with Crippen molar-refractivity contribution >= 4 is 15.9 Å². The molecule has 1 saturated carbocycles. The number of nitrogens with zero attached hydrogens (tertiary/aromatic N) is 2. The van der Waals surface area contributed by atoms with E-state index in [1.54, 1.807) is 4.31 Å². The number of nitrogens with one attached hydrogen (secondary N) is 1. The molecule has 0 spiro atoms. The summed E-state index contributed by atoms with van der Waals surface area (Å²) in [5.41, 5.74) is 3.93. The highest BCUT2D eigenvalue weighted by atomic mass is 32.2. The van der Waals surface area contributed by atoms with Gasteiger partial charge in [-0.2, -0.15) is 4.31 Å². The van der Waals surface area contributed by atoms with Crippen molar-refractivity contribution in [3.63, 3.8) is 0 Å². The minimum Gasteiger partial charge on any atom is -0.349 e. The number of carbonyl (C=O) groups excluding carboxylic acids is 1. The molecule has 1 amide bonds. The third-order valence-corrected chi connectivity index (χ3v) is 10.8. The van der Waals surface area contributed by atoms with E-state index in [0.717, 1.165) is 74.0 Å². The topological polar surface area (TPSA) is 69.7 Å². The van der Waals surface area contributed by atoms with Crippen molar-refractivity contribution in [2.24, 2.45) is 17.8 Å². The molecule has 0 bridgehead atoms. The molecule has 5 rings (SSSR count). The Morgan fingerprint density at radius 1 is 0.946 bits per heavy atom. The molecule has 2 heterocycles. The second-order valence-electron chi connectivity index (χ2n) is 11.6. The molecule has 200 valence electrons. The van der Waals surface area contributed by atoms with Crippen LogP contribution in [0.1, 0.15) is 60.4 Å². The van der Waals surface area contributed by atoms with Crippen molar-refractivity contribution in [1.82, 2.24) is 14.5 Å². The molecule has 2 aliphatic heterocycles. The number of amides is 1. The Labute approximate surface area is 222 Å². The predicted octanol–water partition coefficient (Wildman–Crippen LogP) is 4.60. The van der Waals surface area contributed by atoms with Crippen LogP contribution in [-0.4, -0.2) is 56.3 Å². The first kappa shape index (κ1) is 26.4. The maximum absolute atomic E-state index is 13.6. The summed E-state index contributed by atoms with van der Waals surface area (Å²) in [5, 5.41) is 3.36.